The third kappa shape index (κ3) is 2.89. The van der Waals surface area contributed by atoms with Gasteiger partial charge < -0.3 is 10.2 Å². The van der Waals surface area contributed by atoms with Crippen molar-refractivity contribution in [3.05, 3.63) is 55.7 Å². The molecule has 0 bridgehead atoms. The summed E-state index contributed by atoms with van der Waals surface area (Å²) >= 11 is 2.16. The second-order valence-electron chi connectivity index (χ2n) is 6.21. The highest BCUT2D eigenvalue weighted by molar-refractivity contribution is 14.1. The lowest BCUT2D eigenvalue weighted by Gasteiger charge is -2.28. The molecular weight excluding hydrogens is 375 g/mol. The molecule has 2 nitrogen and oxygen atoms in total. The van der Waals surface area contributed by atoms with Gasteiger partial charge in [-0.1, -0.05) is 32.0 Å². The number of aryl methyl sites for hydroxylation is 3. The Kier molecular flexibility index (Phi) is 4.24. The van der Waals surface area contributed by atoms with E-state index >= 15 is 0 Å². The first-order valence-corrected chi connectivity index (χ1v) is 8.02. The monoisotopic (exact) mass is 396 g/mol. The van der Waals surface area contributed by atoms with Crippen LogP contribution in [-0.4, -0.2) is 10.2 Å². The van der Waals surface area contributed by atoms with Crippen LogP contribution < -0.4 is 0 Å². The average molecular weight is 396 g/mol. The zero-order valence-corrected chi connectivity index (χ0v) is 15.2. The van der Waals surface area contributed by atoms with Crippen LogP contribution in [0.3, 0.4) is 0 Å². The van der Waals surface area contributed by atoms with E-state index in [9.17, 15) is 10.2 Å². The molecule has 0 unspecified atom stereocenters. The van der Waals surface area contributed by atoms with Crippen molar-refractivity contribution in [2.45, 2.75) is 40.0 Å². The molecule has 0 amide bonds. The van der Waals surface area contributed by atoms with Crippen LogP contribution in [0.15, 0.2) is 24.3 Å². The topological polar surface area (TPSA) is 40.5 Å². The second kappa shape index (κ2) is 5.52. The van der Waals surface area contributed by atoms with Crippen LogP contribution in [-0.2, 0) is 5.41 Å². The Morgan fingerprint density at radius 2 is 1.14 bits per heavy atom. The Balaban J connectivity index is 2.61. The zero-order valence-electron chi connectivity index (χ0n) is 13.1. The van der Waals surface area contributed by atoms with Crippen LogP contribution >= 0.6 is 22.6 Å². The summed E-state index contributed by atoms with van der Waals surface area (Å²) in [6, 6.07) is 8.14. The molecule has 2 rings (SSSR count). The van der Waals surface area contributed by atoms with Crippen LogP contribution in [0, 0.1) is 24.3 Å². The average Bonchev–Trinajstić information content (AvgIpc) is 2.40. The molecule has 0 aliphatic rings. The SMILES string of the molecule is Cc1cc(C(C)(C)c2cc(C)c(O)c(I)c2)cc(C)c1O. The van der Waals surface area contributed by atoms with Gasteiger partial charge in [0.25, 0.3) is 0 Å². The van der Waals surface area contributed by atoms with Crippen molar-refractivity contribution in [2.24, 2.45) is 0 Å². The van der Waals surface area contributed by atoms with E-state index in [0.717, 1.165) is 31.4 Å². The van der Waals surface area contributed by atoms with E-state index in [1.165, 1.54) is 0 Å². The number of phenolic OH excluding ortho intramolecular Hbond substituents is 2. The molecule has 0 aliphatic heterocycles. The highest BCUT2D eigenvalue weighted by atomic mass is 127. The van der Waals surface area contributed by atoms with Crippen LogP contribution in [0.25, 0.3) is 0 Å². The molecule has 0 saturated heterocycles. The van der Waals surface area contributed by atoms with Crippen LogP contribution in [0.2, 0.25) is 0 Å². The van der Waals surface area contributed by atoms with E-state index in [0.29, 0.717) is 11.5 Å². The summed E-state index contributed by atoms with van der Waals surface area (Å²) < 4.78 is 0.864. The van der Waals surface area contributed by atoms with Crippen LogP contribution in [0.5, 0.6) is 11.5 Å². The van der Waals surface area contributed by atoms with Gasteiger partial charge in [0, 0.05) is 5.41 Å². The quantitative estimate of drug-likeness (QED) is 0.705. The molecule has 2 aromatic rings. The summed E-state index contributed by atoms with van der Waals surface area (Å²) in [7, 11) is 0. The molecule has 0 radical (unpaired) electrons. The van der Waals surface area contributed by atoms with Gasteiger partial charge in [0.15, 0.2) is 0 Å². The van der Waals surface area contributed by atoms with Crippen molar-refractivity contribution >= 4 is 22.6 Å². The highest BCUT2D eigenvalue weighted by Crippen LogP contribution is 2.38. The molecule has 21 heavy (non-hydrogen) atoms. The van der Waals surface area contributed by atoms with Gasteiger partial charge in [0.05, 0.1) is 3.57 Å². The molecule has 0 aromatic heterocycles. The standard InChI is InChI=1S/C18H21IO2/c1-10-6-13(7-11(2)16(10)20)18(4,5)14-8-12(3)17(21)15(19)9-14/h6-9,20-21H,1-5H3. The third-order valence-electron chi connectivity index (χ3n) is 4.19. The largest absolute Gasteiger partial charge is 0.507 e. The number of hydrogen-bond acceptors (Lipinski definition) is 2. The van der Waals surface area contributed by atoms with Gasteiger partial charge in [-0.25, -0.2) is 0 Å². The number of halogens is 1. The number of rotatable bonds is 2. The number of hydrogen-bond donors (Lipinski definition) is 2. The van der Waals surface area contributed by atoms with Crippen molar-refractivity contribution < 1.29 is 10.2 Å². The molecular formula is C18H21IO2. The fourth-order valence-electron chi connectivity index (χ4n) is 2.58. The van der Waals surface area contributed by atoms with E-state index in [4.69, 9.17) is 0 Å². The summed E-state index contributed by atoms with van der Waals surface area (Å²) in [5.74, 6) is 0.722. The maximum Gasteiger partial charge on any atom is 0.131 e. The number of benzene rings is 2. The van der Waals surface area contributed by atoms with Crippen molar-refractivity contribution in [3.63, 3.8) is 0 Å². The van der Waals surface area contributed by atoms with Gasteiger partial charge >= 0.3 is 0 Å². The van der Waals surface area contributed by atoms with Crippen molar-refractivity contribution in [1.82, 2.24) is 0 Å². The molecule has 3 heteroatoms. The molecule has 2 aromatic carbocycles. The molecule has 0 aliphatic carbocycles. The van der Waals surface area contributed by atoms with Crippen molar-refractivity contribution in [3.8, 4) is 11.5 Å². The number of aromatic hydroxyl groups is 2. The second-order valence-corrected chi connectivity index (χ2v) is 7.37. The Labute approximate surface area is 140 Å². The fourth-order valence-corrected chi connectivity index (χ4v) is 3.34. The minimum atomic E-state index is -0.193. The van der Waals surface area contributed by atoms with Crippen LogP contribution in [0.4, 0.5) is 0 Å². The van der Waals surface area contributed by atoms with E-state index < -0.39 is 0 Å². The molecule has 0 saturated carbocycles. The summed E-state index contributed by atoms with van der Waals surface area (Å²) in [6.45, 7) is 10.1. The molecule has 0 fully saturated rings. The lowest BCUT2D eigenvalue weighted by atomic mass is 9.76. The fraction of sp³-hybridized carbons (Fsp3) is 0.333. The third-order valence-corrected chi connectivity index (χ3v) is 5.01. The van der Waals surface area contributed by atoms with Gasteiger partial charge in [-0.3, -0.25) is 0 Å². The Morgan fingerprint density at radius 3 is 1.57 bits per heavy atom. The van der Waals surface area contributed by atoms with Gasteiger partial charge in [0.2, 0.25) is 0 Å². The predicted octanol–water partition coefficient (Wildman–Crippen LogP) is 4.95. The van der Waals surface area contributed by atoms with Crippen molar-refractivity contribution in [2.75, 3.05) is 0 Å². The Morgan fingerprint density at radius 1 is 0.762 bits per heavy atom. The van der Waals surface area contributed by atoms with E-state index in [2.05, 4.69) is 36.4 Å². The van der Waals surface area contributed by atoms with Gasteiger partial charge in [0.1, 0.15) is 11.5 Å². The summed E-state index contributed by atoms with van der Waals surface area (Å²) in [5, 5.41) is 19.9. The molecule has 0 spiro atoms. The molecule has 0 atom stereocenters. The minimum Gasteiger partial charge on any atom is -0.507 e. The normalized spacial score (nSPS) is 11.7. The number of phenols is 2. The van der Waals surface area contributed by atoms with E-state index in [-0.39, 0.29) is 5.41 Å². The molecule has 2 N–H and O–H groups in total. The molecule has 0 heterocycles. The first kappa shape index (κ1) is 16.1. The Hall–Kier alpha value is -1.23. The highest BCUT2D eigenvalue weighted by Gasteiger charge is 2.25. The first-order chi connectivity index (χ1) is 9.64. The predicted molar refractivity (Wildman–Crippen MR) is 95.3 cm³/mol. The summed E-state index contributed by atoms with van der Waals surface area (Å²) in [6.07, 6.45) is 0. The van der Waals surface area contributed by atoms with Gasteiger partial charge in [-0.05, 0) is 77.2 Å². The smallest absolute Gasteiger partial charge is 0.131 e. The lowest BCUT2D eigenvalue weighted by Crippen LogP contribution is -2.19. The van der Waals surface area contributed by atoms with Gasteiger partial charge in [-0.15, -0.1) is 0 Å². The van der Waals surface area contributed by atoms with Crippen molar-refractivity contribution in [1.29, 1.82) is 0 Å². The molecule has 112 valence electrons. The van der Waals surface area contributed by atoms with Gasteiger partial charge in [-0.2, -0.15) is 0 Å². The Bertz CT molecular complexity index is 597. The first-order valence-electron chi connectivity index (χ1n) is 6.95. The van der Waals surface area contributed by atoms with Crippen LogP contribution in [0.1, 0.15) is 41.7 Å². The summed E-state index contributed by atoms with van der Waals surface area (Å²) in [4.78, 5) is 0. The maximum atomic E-state index is 9.96. The summed E-state index contributed by atoms with van der Waals surface area (Å²) in [5.41, 5.74) is 4.80. The minimum absolute atomic E-state index is 0.193. The maximum absolute atomic E-state index is 9.96. The van der Waals surface area contributed by atoms with E-state index in [1.54, 1.807) is 0 Å². The lowest BCUT2D eigenvalue weighted by molar-refractivity contribution is 0.465. The van der Waals surface area contributed by atoms with E-state index in [1.807, 2.05) is 45.0 Å². The zero-order chi connectivity index (χ0) is 15.9.